The molecule has 2 aromatic heterocycles. The van der Waals surface area contributed by atoms with Gasteiger partial charge in [0.1, 0.15) is 4.88 Å². The van der Waals surface area contributed by atoms with E-state index in [0.29, 0.717) is 32.1 Å². The number of hydrogen-bond acceptors (Lipinski definition) is 4. The summed E-state index contributed by atoms with van der Waals surface area (Å²) < 4.78 is 1.51. The summed E-state index contributed by atoms with van der Waals surface area (Å²) in [4.78, 5) is 16.1. The van der Waals surface area contributed by atoms with Gasteiger partial charge in [0, 0.05) is 10.6 Å². The topological polar surface area (TPSA) is 67.5 Å². The molecule has 20 heavy (non-hydrogen) atoms. The van der Waals surface area contributed by atoms with E-state index in [-0.39, 0.29) is 4.88 Å². The van der Waals surface area contributed by atoms with E-state index in [1.165, 1.54) is 4.52 Å². The van der Waals surface area contributed by atoms with Gasteiger partial charge in [0.2, 0.25) is 4.96 Å². The Morgan fingerprint density at radius 3 is 2.75 bits per heavy atom. The molecule has 0 radical (unpaired) electrons. The fraction of sp³-hybridized carbons (Fsp3) is 0.0833. The van der Waals surface area contributed by atoms with E-state index in [0.717, 1.165) is 11.3 Å². The molecule has 0 fully saturated rings. The number of aromatic nitrogens is 3. The minimum absolute atomic E-state index is 0.230. The highest BCUT2D eigenvalue weighted by Crippen LogP contribution is 2.30. The van der Waals surface area contributed by atoms with Crippen LogP contribution in [0.3, 0.4) is 0 Å². The van der Waals surface area contributed by atoms with Crippen LogP contribution in [0, 0.1) is 6.92 Å². The number of benzene rings is 1. The third-order valence-corrected chi connectivity index (χ3v) is 4.45. The summed E-state index contributed by atoms with van der Waals surface area (Å²) in [6.07, 6.45) is 0. The average molecular weight is 328 g/mol. The number of carboxylic acids is 1. The van der Waals surface area contributed by atoms with Crippen LogP contribution in [0.5, 0.6) is 0 Å². The lowest BCUT2D eigenvalue weighted by Gasteiger charge is -1.99. The lowest BCUT2D eigenvalue weighted by Crippen LogP contribution is -1.98. The monoisotopic (exact) mass is 327 g/mol. The first kappa shape index (κ1) is 13.4. The van der Waals surface area contributed by atoms with Crippen molar-refractivity contribution < 1.29 is 9.90 Å². The van der Waals surface area contributed by atoms with Gasteiger partial charge < -0.3 is 5.11 Å². The molecule has 2 heterocycles. The first-order valence-corrected chi connectivity index (χ1v) is 7.09. The van der Waals surface area contributed by atoms with Crippen molar-refractivity contribution in [1.29, 1.82) is 0 Å². The predicted molar refractivity (Wildman–Crippen MR) is 78.0 cm³/mol. The molecule has 1 aromatic carbocycles. The number of aryl methyl sites for hydroxylation is 1. The van der Waals surface area contributed by atoms with E-state index in [1.807, 2.05) is 0 Å². The Morgan fingerprint density at radius 2 is 2.15 bits per heavy atom. The fourth-order valence-corrected chi connectivity index (χ4v) is 3.22. The molecule has 3 rings (SSSR count). The Labute approximate surface area is 127 Å². The van der Waals surface area contributed by atoms with Crippen LogP contribution in [0.4, 0.5) is 0 Å². The number of nitrogens with zero attached hydrogens (tertiary/aromatic N) is 3. The number of fused-ring (bicyclic) bond motifs is 1. The summed E-state index contributed by atoms with van der Waals surface area (Å²) in [6, 6.07) is 5.05. The molecule has 0 aliphatic heterocycles. The van der Waals surface area contributed by atoms with Crippen molar-refractivity contribution in [2.24, 2.45) is 0 Å². The van der Waals surface area contributed by atoms with Gasteiger partial charge in [0.05, 0.1) is 10.7 Å². The fourth-order valence-electron chi connectivity index (χ4n) is 1.83. The predicted octanol–water partition coefficient (Wildman–Crippen LogP) is 3.77. The maximum Gasteiger partial charge on any atom is 0.347 e. The van der Waals surface area contributed by atoms with Gasteiger partial charge in [-0.05, 0) is 25.1 Å². The normalized spacial score (nSPS) is 11.2. The lowest BCUT2D eigenvalue weighted by molar-refractivity contribution is 0.0701. The maximum absolute atomic E-state index is 11.0. The van der Waals surface area contributed by atoms with E-state index in [2.05, 4.69) is 10.1 Å². The van der Waals surface area contributed by atoms with Crippen LogP contribution in [0.1, 0.15) is 15.4 Å². The number of hydrogen-bond donors (Lipinski definition) is 1. The molecule has 102 valence electrons. The van der Waals surface area contributed by atoms with Crippen molar-refractivity contribution >= 4 is 45.5 Å². The van der Waals surface area contributed by atoms with Crippen molar-refractivity contribution in [3.8, 4) is 11.4 Å². The zero-order valence-corrected chi connectivity index (χ0v) is 12.4. The Kier molecular flexibility index (Phi) is 3.16. The van der Waals surface area contributed by atoms with Gasteiger partial charge in [-0.15, -0.1) is 5.10 Å². The summed E-state index contributed by atoms with van der Waals surface area (Å²) >= 11 is 13.0. The van der Waals surface area contributed by atoms with E-state index in [1.54, 1.807) is 25.1 Å². The Hall–Kier alpha value is -1.63. The second kappa shape index (κ2) is 4.73. The van der Waals surface area contributed by atoms with Crippen molar-refractivity contribution in [2.45, 2.75) is 6.92 Å². The molecule has 8 heteroatoms. The molecule has 5 nitrogen and oxygen atoms in total. The quantitative estimate of drug-likeness (QED) is 0.777. The maximum atomic E-state index is 11.0. The molecule has 0 bridgehead atoms. The number of aromatic carboxylic acids is 1. The molecule has 0 aliphatic rings. The molecule has 0 amide bonds. The minimum atomic E-state index is -0.981. The summed E-state index contributed by atoms with van der Waals surface area (Å²) in [7, 11) is 0. The van der Waals surface area contributed by atoms with Crippen LogP contribution >= 0.6 is 34.5 Å². The van der Waals surface area contributed by atoms with Gasteiger partial charge in [0.25, 0.3) is 0 Å². The summed E-state index contributed by atoms with van der Waals surface area (Å²) in [6.45, 7) is 1.69. The van der Waals surface area contributed by atoms with Gasteiger partial charge in [0.15, 0.2) is 5.82 Å². The second-order valence-corrected chi connectivity index (χ2v) is 5.90. The van der Waals surface area contributed by atoms with E-state index < -0.39 is 5.97 Å². The molecule has 1 N–H and O–H groups in total. The van der Waals surface area contributed by atoms with Crippen molar-refractivity contribution in [2.75, 3.05) is 0 Å². The van der Waals surface area contributed by atoms with E-state index in [4.69, 9.17) is 28.3 Å². The first-order chi connectivity index (χ1) is 9.47. The van der Waals surface area contributed by atoms with Crippen LogP contribution in [0.2, 0.25) is 10.0 Å². The van der Waals surface area contributed by atoms with Crippen LogP contribution in [-0.4, -0.2) is 25.7 Å². The zero-order valence-electron chi connectivity index (χ0n) is 10.1. The van der Waals surface area contributed by atoms with Crippen molar-refractivity contribution in [3.05, 3.63) is 38.8 Å². The van der Waals surface area contributed by atoms with Crippen LogP contribution in [-0.2, 0) is 0 Å². The average Bonchev–Trinajstić information content (AvgIpc) is 2.89. The van der Waals surface area contributed by atoms with Gasteiger partial charge in [-0.25, -0.2) is 9.31 Å². The number of carboxylic acid groups (broad SMARTS) is 1. The molecular formula is C12H7Cl2N3O2S. The molecule has 0 unspecified atom stereocenters. The Bertz CT molecular complexity index is 841. The van der Waals surface area contributed by atoms with Crippen LogP contribution in [0.15, 0.2) is 18.2 Å². The standard InChI is InChI=1S/C12H7Cl2N3O2S/c1-5-9(11(18)19)20-12-15-10(16-17(5)12)7-3-2-6(13)4-8(7)14/h2-4H,1H3,(H,18,19). The van der Waals surface area contributed by atoms with E-state index >= 15 is 0 Å². The lowest BCUT2D eigenvalue weighted by atomic mass is 10.2. The van der Waals surface area contributed by atoms with E-state index in [9.17, 15) is 4.79 Å². The molecule has 0 spiro atoms. The first-order valence-electron chi connectivity index (χ1n) is 5.52. The van der Waals surface area contributed by atoms with Crippen LogP contribution in [0.25, 0.3) is 16.3 Å². The number of carbonyl (C=O) groups is 1. The Balaban J connectivity index is 2.17. The highest BCUT2D eigenvalue weighted by atomic mass is 35.5. The Morgan fingerprint density at radius 1 is 1.40 bits per heavy atom. The summed E-state index contributed by atoms with van der Waals surface area (Å²) in [5.41, 5.74) is 1.20. The minimum Gasteiger partial charge on any atom is -0.477 e. The smallest absolute Gasteiger partial charge is 0.347 e. The highest BCUT2D eigenvalue weighted by Gasteiger charge is 2.19. The van der Waals surface area contributed by atoms with Gasteiger partial charge in [-0.3, -0.25) is 0 Å². The van der Waals surface area contributed by atoms with Crippen LogP contribution < -0.4 is 0 Å². The second-order valence-electron chi connectivity index (χ2n) is 4.08. The molecule has 0 saturated heterocycles. The number of halogens is 2. The van der Waals surface area contributed by atoms with Gasteiger partial charge in [-0.2, -0.15) is 4.98 Å². The molecule has 0 saturated carbocycles. The number of rotatable bonds is 2. The summed E-state index contributed by atoms with van der Waals surface area (Å²) in [5.74, 6) is -0.538. The largest absolute Gasteiger partial charge is 0.477 e. The van der Waals surface area contributed by atoms with Gasteiger partial charge in [-0.1, -0.05) is 34.5 Å². The molecular weight excluding hydrogens is 321 g/mol. The third-order valence-electron chi connectivity index (χ3n) is 2.78. The SMILES string of the molecule is Cc1c(C(=O)O)sc2nc(-c3ccc(Cl)cc3Cl)nn12. The number of thiazole rings is 1. The van der Waals surface area contributed by atoms with Crippen molar-refractivity contribution in [1.82, 2.24) is 14.6 Å². The molecule has 3 aromatic rings. The third kappa shape index (κ3) is 2.06. The van der Waals surface area contributed by atoms with Gasteiger partial charge >= 0.3 is 5.97 Å². The molecule has 0 aliphatic carbocycles. The van der Waals surface area contributed by atoms with Crippen molar-refractivity contribution in [3.63, 3.8) is 0 Å². The zero-order chi connectivity index (χ0) is 14.4. The highest BCUT2D eigenvalue weighted by molar-refractivity contribution is 7.18. The molecule has 0 atom stereocenters. The summed E-state index contributed by atoms with van der Waals surface area (Å²) in [5, 5.41) is 14.3.